The van der Waals surface area contributed by atoms with Crippen LogP contribution in [0.5, 0.6) is 0 Å². The van der Waals surface area contributed by atoms with E-state index in [9.17, 15) is 9.59 Å². The Kier molecular flexibility index (Phi) is 7.20. The third kappa shape index (κ3) is 5.58. The fourth-order valence-corrected chi connectivity index (χ4v) is 4.42. The molecule has 0 atom stereocenters. The summed E-state index contributed by atoms with van der Waals surface area (Å²) in [5.74, 6) is -0.463. The molecule has 0 spiro atoms. The molecule has 1 aliphatic rings. The number of likely N-dealkylation sites (N-methyl/N-ethyl adjacent to an activating group) is 1. The zero-order valence-corrected chi connectivity index (χ0v) is 20.5. The lowest BCUT2D eigenvalue weighted by molar-refractivity contribution is -0.114. The lowest BCUT2D eigenvalue weighted by Crippen LogP contribution is -2.31. The predicted octanol–water partition coefficient (Wildman–Crippen LogP) is 3.78. The van der Waals surface area contributed by atoms with Gasteiger partial charge in [0.15, 0.2) is 0 Å². The molecule has 1 aliphatic heterocycles. The molecule has 3 N–H and O–H groups in total. The van der Waals surface area contributed by atoms with Crippen LogP contribution in [0.1, 0.15) is 28.4 Å². The number of rotatable bonds is 8. The smallest absolute Gasteiger partial charge is 0.251 e. The molecule has 11 heteroatoms. The van der Waals surface area contributed by atoms with E-state index in [0.29, 0.717) is 57.3 Å². The van der Waals surface area contributed by atoms with Gasteiger partial charge in [-0.3, -0.25) is 14.6 Å². The molecule has 176 valence electrons. The molecule has 0 bridgehead atoms. The molecule has 3 aromatic rings. The van der Waals surface area contributed by atoms with Crippen molar-refractivity contribution in [3.8, 4) is 10.6 Å². The summed E-state index contributed by atoms with van der Waals surface area (Å²) in [7, 11) is 3.87. The summed E-state index contributed by atoms with van der Waals surface area (Å²) in [5, 5.41) is 19.1. The van der Waals surface area contributed by atoms with Crippen molar-refractivity contribution in [3.05, 3.63) is 52.0 Å². The van der Waals surface area contributed by atoms with Gasteiger partial charge in [0.2, 0.25) is 11.0 Å². The first-order valence-electron chi connectivity index (χ1n) is 10.6. The fraction of sp³-hybridized carbons (Fsp3) is 0.261. The van der Waals surface area contributed by atoms with E-state index in [1.807, 2.05) is 31.1 Å². The molecule has 0 aliphatic carbocycles. The summed E-state index contributed by atoms with van der Waals surface area (Å²) >= 11 is 7.84. The van der Waals surface area contributed by atoms with Crippen LogP contribution in [0.15, 0.2) is 35.3 Å². The summed E-state index contributed by atoms with van der Waals surface area (Å²) in [6.45, 7) is 3.27. The first kappa shape index (κ1) is 23.8. The molecule has 4 rings (SSSR count). The second-order valence-corrected chi connectivity index (χ2v) is 9.40. The van der Waals surface area contributed by atoms with Crippen molar-refractivity contribution < 1.29 is 9.59 Å². The molecular weight excluding hydrogens is 474 g/mol. The quantitative estimate of drug-likeness (QED) is 0.436. The number of carbonyl (C=O) groups is 2. The van der Waals surface area contributed by atoms with Crippen LogP contribution in [0.4, 0.5) is 16.5 Å². The Bertz CT molecular complexity index is 1270. The minimum absolute atomic E-state index is 0.231. The van der Waals surface area contributed by atoms with Crippen molar-refractivity contribution in [1.29, 1.82) is 0 Å². The van der Waals surface area contributed by atoms with Gasteiger partial charge in [-0.15, -0.1) is 10.2 Å². The molecule has 0 unspecified atom stereocenters. The van der Waals surface area contributed by atoms with E-state index < -0.39 is 0 Å². The van der Waals surface area contributed by atoms with Gasteiger partial charge >= 0.3 is 0 Å². The number of halogens is 1. The maximum Gasteiger partial charge on any atom is 0.251 e. The minimum atomic E-state index is -0.232. The second-order valence-electron chi connectivity index (χ2n) is 8.05. The number of carbonyl (C=O) groups excluding carboxylic acids is 2. The molecule has 9 nitrogen and oxygen atoms in total. The maximum atomic E-state index is 12.7. The average molecular weight is 498 g/mol. The summed E-state index contributed by atoms with van der Waals surface area (Å²) < 4.78 is 0. The van der Waals surface area contributed by atoms with E-state index in [1.54, 1.807) is 24.4 Å². The van der Waals surface area contributed by atoms with Gasteiger partial charge in [0.05, 0.1) is 17.3 Å². The molecule has 2 heterocycles. The third-order valence-electron chi connectivity index (χ3n) is 5.03. The normalized spacial score (nSPS) is 12.0. The lowest BCUT2D eigenvalue weighted by Gasteiger charge is -2.12. The van der Waals surface area contributed by atoms with Gasteiger partial charge in [0, 0.05) is 48.6 Å². The van der Waals surface area contributed by atoms with Crippen LogP contribution in [0.2, 0.25) is 5.02 Å². The molecule has 2 aromatic carbocycles. The number of anilines is 3. The molecule has 0 radical (unpaired) electrons. The summed E-state index contributed by atoms with van der Waals surface area (Å²) in [6.07, 6.45) is 1.77. The molecule has 34 heavy (non-hydrogen) atoms. The Morgan fingerprint density at radius 2 is 2.00 bits per heavy atom. The maximum absolute atomic E-state index is 12.7. The highest BCUT2D eigenvalue weighted by molar-refractivity contribution is 7.18. The first-order chi connectivity index (χ1) is 16.3. The van der Waals surface area contributed by atoms with Crippen molar-refractivity contribution in [3.63, 3.8) is 0 Å². The molecule has 1 aromatic heterocycles. The van der Waals surface area contributed by atoms with Crippen molar-refractivity contribution in [2.24, 2.45) is 4.99 Å². The van der Waals surface area contributed by atoms with E-state index in [-0.39, 0.29) is 11.8 Å². The van der Waals surface area contributed by atoms with Gasteiger partial charge in [-0.2, -0.15) is 0 Å². The number of amides is 2. The molecular formula is C23H24ClN7O2S. The van der Waals surface area contributed by atoms with Crippen molar-refractivity contribution in [1.82, 2.24) is 20.4 Å². The van der Waals surface area contributed by atoms with E-state index >= 15 is 0 Å². The van der Waals surface area contributed by atoms with Gasteiger partial charge < -0.3 is 20.9 Å². The van der Waals surface area contributed by atoms with Crippen LogP contribution < -0.4 is 16.0 Å². The van der Waals surface area contributed by atoms with Crippen LogP contribution in [-0.4, -0.2) is 60.3 Å². The van der Waals surface area contributed by atoms with Crippen LogP contribution >= 0.6 is 22.9 Å². The Morgan fingerprint density at radius 3 is 2.76 bits per heavy atom. The monoisotopic (exact) mass is 497 g/mol. The van der Waals surface area contributed by atoms with Gasteiger partial charge in [0.25, 0.3) is 5.91 Å². The van der Waals surface area contributed by atoms with Crippen molar-refractivity contribution in [2.45, 2.75) is 13.5 Å². The summed E-state index contributed by atoms with van der Waals surface area (Å²) in [6, 6.07) is 9.02. The highest BCUT2D eigenvalue weighted by Crippen LogP contribution is 2.35. The third-order valence-corrected chi connectivity index (χ3v) is 6.32. The summed E-state index contributed by atoms with van der Waals surface area (Å²) in [5.41, 5.74) is 4.30. The molecule has 2 amide bonds. The number of nitrogens with zero attached hydrogens (tertiary/aromatic N) is 4. The number of aliphatic imine (C=N–C) groups is 1. The first-order valence-corrected chi connectivity index (χ1v) is 11.8. The zero-order chi connectivity index (χ0) is 24.2. The Labute approximate surface area is 206 Å². The molecule has 0 fully saturated rings. The topological polar surface area (TPSA) is 112 Å². The standard InChI is InChI=1S/C23H24ClN7O2S/c1-13(32)27-17-9-15(21(33)26-6-7-31(2)3)8-16(10-17)22-29-30-23(34-22)28-19-5-4-14-11-25-12-18(14)20(19)24/h4-5,8-10,12H,6-7,11H2,1-3H3,(H,26,33)(H,27,32)(H,28,30). The van der Waals surface area contributed by atoms with E-state index in [0.717, 1.165) is 11.1 Å². The summed E-state index contributed by atoms with van der Waals surface area (Å²) in [4.78, 5) is 30.6. The van der Waals surface area contributed by atoms with Crippen LogP contribution in [0, 0.1) is 0 Å². The minimum Gasteiger partial charge on any atom is -0.351 e. The van der Waals surface area contributed by atoms with E-state index in [2.05, 4.69) is 31.1 Å². The average Bonchev–Trinajstić information content (AvgIpc) is 3.45. The second kappa shape index (κ2) is 10.3. The van der Waals surface area contributed by atoms with Crippen molar-refractivity contribution >= 4 is 57.5 Å². The fourth-order valence-electron chi connectivity index (χ4n) is 3.40. The van der Waals surface area contributed by atoms with Crippen LogP contribution in [0.3, 0.4) is 0 Å². The van der Waals surface area contributed by atoms with Gasteiger partial charge in [-0.05, 0) is 43.9 Å². The number of hydrogen-bond donors (Lipinski definition) is 3. The van der Waals surface area contributed by atoms with Gasteiger partial charge in [0.1, 0.15) is 5.01 Å². The zero-order valence-electron chi connectivity index (χ0n) is 19.0. The number of aromatic nitrogens is 2. The Hall–Kier alpha value is -3.34. The molecule has 0 saturated carbocycles. The van der Waals surface area contributed by atoms with Gasteiger partial charge in [-0.1, -0.05) is 29.0 Å². The Balaban J connectivity index is 1.58. The highest BCUT2D eigenvalue weighted by atomic mass is 35.5. The van der Waals surface area contributed by atoms with Crippen LogP contribution in [0.25, 0.3) is 10.6 Å². The van der Waals surface area contributed by atoms with Gasteiger partial charge in [-0.25, -0.2) is 0 Å². The van der Waals surface area contributed by atoms with Crippen molar-refractivity contribution in [2.75, 3.05) is 37.8 Å². The predicted molar refractivity (Wildman–Crippen MR) is 137 cm³/mol. The largest absolute Gasteiger partial charge is 0.351 e. The molecule has 0 saturated heterocycles. The van der Waals surface area contributed by atoms with E-state index in [4.69, 9.17) is 11.6 Å². The Morgan fingerprint density at radius 1 is 1.18 bits per heavy atom. The SMILES string of the molecule is CC(=O)Nc1cc(C(=O)NCCN(C)C)cc(-c2nnc(Nc3ccc4c(c3Cl)C=NC4)s2)c1. The van der Waals surface area contributed by atoms with E-state index in [1.165, 1.54) is 18.3 Å². The number of fused-ring (bicyclic) bond motifs is 1. The highest BCUT2D eigenvalue weighted by Gasteiger charge is 2.17. The number of benzene rings is 2. The number of hydrogen-bond acceptors (Lipinski definition) is 8. The number of nitrogens with one attached hydrogen (secondary N) is 3. The lowest BCUT2D eigenvalue weighted by atomic mass is 10.1. The van der Waals surface area contributed by atoms with Crippen LogP contribution in [-0.2, 0) is 11.3 Å².